The van der Waals surface area contributed by atoms with Crippen LogP contribution in [0.15, 0.2) is 34.9 Å². The van der Waals surface area contributed by atoms with Gasteiger partial charge in [-0.15, -0.1) is 0 Å². The van der Waals surface area contributed by atoms with Crippen LogP contribution >= 0.6 is 15.9 Å². The lowest BCUT2D eigenvalue weighted by Crippen LogP contribution is -2.22. The van der Waals surface area contributed by atoms with E-state index >= 15 is 0 Å². The van der Waals surface area contributed by atoms with Crippen molar-refractivity contribution < 1.29 is 13.5 Å². The van der Waals surface area contributed by atoms with Gasteiger partial charge in [0, 0.05) is 30.4 Å². The summed E-state index contributed by atoms with van der Waals surface area (Å²) in [7, 11) is 0. The molecule has 2 aromatic rings. The molecule has 0 bridgehead atoms. The molecule has 1 aromatic carbocycles. The molecule has 2 rings (SSSR count). The highest BCUT2D eigenvalue weighted by Crippen LogP contribution is 2.27. The lowest BCUT2D eigenvalue weighted by molar-refractivity contribution is 0.413. The second-order valence-electron chi connectivity index (χ2n) is 4.80. The first-order chi connectivity index (χ1) is 9.97. The van der Waals surface area contributed by atoms with E-state index in [-0.39, 0.29) is 17.7 Å². The molecule has 0 aliphatic rings. The van der Waals surface area contributed by atoms with Crippen LogP contribution in [-0.2, 0) is 6.54 Å². The molecule has 21 heavy (non-hydrogen) atoms. The fourth-order valence-corrected chi connectivity index (χ4v) is 1.88. The molecule has 0 spiro atoms. The monoisotopic (exact) mass is 356 g/mol. The Balaban J connectivity index is 2.19. The summed E-state index contributed by atoms with van der Waals surface area (Å²) >= 11 is 3.05. The molecule has 3 nitrogen and oxygen atoms in total. The Bertz CT molecular complexity index is 635. The number of halogens is 3. The second-order valence-corrected chi connectivity index (χ2v) is 5.66. The minimum atomic E-state index is -0.547. The Kier molecular flexibility index (Phi) is 5.25. The molecule has 0 saturated heterocycles. The SMILES string of the molecule is CC(C)NCc1ccnc(Oc2ccc(Br)c(F)c2)c1F. The second kappa shape index (κ2) is 6.95. The summed E-state index contributed by atoms with van der Waals surface area (Å²) < 4.78 is 33.3. The Morgan fingerprint density at radius 2 is 2.05 bits per heavy atom. The first-order valence-electron chi connectivity index (χ1n) is 6.47. The van der Waals surface area contributed by atoms with Crippen LogP contribution in [0.3, 0.4) is 0 Å². The van der Waals surface area contributed by atoms with Crippen LogP contribution in [0.1, 0.15) is 19.4 Å². The minimum absolute atomic E-state index is 0.167. The molecule has 0 aliphatic carbocycles. The van der Waals surface area contributed by atoms with Crippen LogP contribution in [0.2, 0.25) is 0 Å². The van der Waals surface area contributed by atoms with Gasteiger partial charge in [0.05, 0.1) is 4.47 Å². The van der Waals surface area contributed by atoms with Crippen molar-refractivity contribution in [1.29, 1.82) is 0 Å². The maximum atomic E-state index is 14.3. The van der Waals surface area contributed by atoms with E-state index in [1.807, 2.05) is 13.8 Å². The molecule has 0 fully saturated rings. The van der Waals surface area contributed by atoms with Gasteiger partial charge in [0.2, 0.25) is 0 Å². The van der Waals surface area contributed by atoms with Crippen LogP contribution < -0.4 is 10.1 Å². The summed E-state index contributed by atoms with van der Waals surface area (Å²) in [5.74, 6) is -1.00. The molecule has 0 saturated carbocycles. The molecule has 0 aliphatic heterocycles. The number of hydrogen-bond acceptors (Lipinski definition) is 3. The van der Waals surface area contributed by atoms with E-state index in [4.69, 9.17) is 4.74 Å². The minimum Gasteiger partial charge on any atom is -0.436 e. The van der Waals surface area contributed by atoms with Crippen molar-refractivity contribution in [3.05, 3.63) is 52.1 Å². The first-order valence-corrected chi connectivity index (χ1v) is 7.26. The number of pyridine rings is 1. The molecule has 0 unspecified atom stereocenters. The van der Waals surface area contributed by atoms with Crippen molar-refractivity contribution >= 4 is 15.9 Å². The van der Waals surface area contributed by atoms with Crippen LogP contribution in [-0.4, -0.2) is 11.0 Å². The number of benzene rings is 1. The topological polar surface area (TPSA) is 34.2 Å². The first kappa shape index (κ1) is 15.9. The van der Waals surface area contributed by atoms with E-state index in [9.17, 15) is 8.78 Å². The van der Waals surface area contributed by atoms with Crippen molar-refractivity contribution in [1.82, 2.24) is 10.3 Å². The highest BCUT2D eigenvalue weighted by molar-refractivity contribution is 9.10. The average Bonchev–Trinajstić information content (AvgIpc) is 2.43. The summed E-state index contributed by atoms with van der Waals surface area (Å²) in [5.41, 5.74) is 0.450. The van der Waals surface area contributed by atoms with E-state index in [2.05, 4.69) is 26.2 Å². The zero-order valence-electron chi connectivity index (χ0n) is 11.7. The molecule has 1 aromatic heterocycles. The maximum Gasteiger partial charge on any atom is 0.256 e. The number of nitrogens with zero attached hydrogens (tertiary/aromatic N) is 1. The molecular weight excluding hydrogens is 342 g/mol. The van der Waals surface area contributed by atoms with E-state index in [1.54, 1.807) is 6.07 Å². The van der Waals surface area contributed by atoms with E-state index in [0.29, 0.717) is 16.6 Å². The van der Waals surface area contributed by atoms with Gasteiger partial charge >= 0.3 is 0 Å². The van der Waals surface area contributed by atoms with Gasteiger partial charge in [-0.2, -0.15) is 0 Å². The quantitative estimate of drug-likeness (QED) is 0.861. The van der Waals surface area contributed by atoms with Crippen molar-refractivity contribution in [2.24, 2.45) is 0 Å². The fourth-order valence-electron chi connectivity index (χ4n) is 1.64. The molecule has 1 heterocycles. The molecule has 1 N–H and O–H groups in total. The summed E-state index contributed by atoms with van der Waals surface area (Å²) in [4.78, 5) is 3.85. The third-order valence-corrected chi connectivity index (χ3v) is 3.39. The predicted octanol–water partition coefficient (Wildman–Crippen LogP) is 4.41. The molecule has 0 amide bonds. The van der Waals surface area contributed by atoms with Gasteiger partial charge in [0.15, 0.2) is 5.82 Å². The van der Waals surface area contributed by atoms with Gasteiger partial charge in [-0.1, -0.05) is 13.8 Å². The molecule has 0 atom stereocenters. The van der Waals surface area contributed by atoms with Gasteiger partial charge in [0.1, 0.15) is 11.6 Å². The van der Waals surface area contributed by atoms with Gasteiger partial charge in [-0.3, -0.25) is 0 Å². The molecule has 112 valence electrons. The number of rotatable bonds is 5. The highest BCUT2D eigenvalue weighted by atomic mass is 79.9. The standard InChI is InChI=1S/C15H15BrF2N2O/c1-9(2)20-8-10-5-6-19-15(14(10)18)21-11-3-4-12(16)13(17)7-11/h3-7,9,20H,8H2,1-2H3. The van der Waals surface area contributed by atoms with Crippen LogP contribution in [0, 0.1) is 11.6 Å². The molecule has 6 heteroatoms. The van der Waals surface area contributed by atoms with Gasteiger partial charge in [-0.05, 0) is 34.1 Å². The third kappa shape index (κ3) is 4.22. The number of aromatic nitrogens is 1. The number of hydrogen-bond donors (Lipinski definition) is 1. The fraction of sp³-hybridized carbons (Fsp3) is 0.267. The average molecular weight is 357 g/mol. The largest absolute Gasteiger partial charge is 0.436 e. The van der Waals surface area contributed by atoms with Crippen LogP contribution in [0.25, 0.3) is 0 Å². The van der Waals surface area contributed by atoms with Crippen molar-refractivity contribution in [2.45, 2.75) is 26.4 Å². The smallest absolute Gasteiger partial charge is 0.256 e. The summed E-state index contributed by atoms with van der Waals surface area (Å²) in [6, 6.07) is 6.02. The maximum absolute atomic E-state index is 14.3. The summed E-state index contributed by atoms with van der Waals surface area (Å²) in [5, 5.41) is 3.12. The van der Waals surface area contributed by atoms with Gasteiger partial charge < -0.3 is 10.1 Å². The Labute approximate surface area is 130 Å². The van der Waals surface area contributed by atoms with E-state index in [0.717, 1.165) is 0 Å². The van der Waals surface area contributed by atoms with Crippen molar-refractivity contribution in [3.63, 3.8) is 0 Å². The summed E-state index contributed by atoms with van der Waals surface area (Å²) in [6.07, 6.45) is 1.46. The zero-order chi connectivity index (χ0) is 15.4. The van der Waals surface area contributed by atoms with Crippen molar-refractivity contribution in [3.8, 4) is 11.6 Å². The molecule has 0 radical (unpaired) electrons. The highest BCUT2D eigenvalue weighted by Gasteiger charge is 2.12. The van der Waals surface area contributed by atoms with E-state index < -0.39 is 11.6 Å². The Morgan fingerprint density at radius 1 is 1.29 bits per heavy atom. The zero-order valence-corrected chi connectivity index (χ0v) is 13.2. The molecular formula is C15H15BrF2N2O. The van der Waals surface area contributed by atoms with Crippen molar-refractivity contribution in [2.75, 3.05) is 0 Å². The van der Waals surface area contributed by atoms with Gasteiger partial charge in [-0.25, -0.2) is 13.8 Å². The third-order valence-electron chi connectivity index (χ3n) is 2.74. The van der Waals surface area contributed by atoms with Gasteiger partial charge in [0.25, 0.3) is 5.88 Å². The Morgan fingerprint density at radius 3 is 2.71 bits per heavy atom. The predicted molar refractivity (Wildman–Crippen MR) is 80.3 cm³/mol. The number of ether oxygens (including phenoxy) is 1. The summed E-state index contributed by atoms with van der Waals surface area (Å²) in [6.45, 7) is 4.32. The lowest BCUT2D eigenvalue weighted by atomic mass is 10.2. The van der Waals surface area contributed by atoms with Crippen LogP contribution in [0.5, 0.6) is 11.6 Å². The number of nitrogens with one attached hydrogen (secondary N) is 1. The normalized spacial score (nSPS) is 11.0. The van der Waals surface area contributed by atoms with Crippen LogP contribution in [0.4, 0.5) is 8.78 Å². The lowest BCUT2D eigenvalue weighted by Gasteiger charge is -2.11. The Hall–Kier alpha value is -1.53. The van der Waals surface area contributed by atoms with E-state index in [1.165, 1.54) is 24.4 Å².